The largest absolute Gasteiger partial charge is 0.493 e. The van der Waals surface area contributed by atoms with Crippen LogP contribution in [0.2, 0.25) is 0 Å². The molecule has 0 spiro atoms. The second-order valence-corrected chi connectivity index (χ2v) is 6.40. The highest BCUT2D eigenvalue weighted by atomic mass is 32.1. The molecule has 0 aromatic heterocycles. The number of halogens is 1. The Hall–Kier alpha value is -3.25. The van der Waals surface area contributed by atoms with Gasteiger partial charge in [0.1, 0.15) is 11.6 Å². The van der Waals surface area contributed by atoms with Gasteiger partial charge >= 0.3 is 0 Å². The molecule has 4 nitrogen and oxygen atoms in total. The van der Waals surface area contributed by atoms with Crippen LogP contribution in [-0.4, -0.2) is 17.6 Å². The van der Waals surface area contributed by atoms with Crippen molar-refractivity contribution in [1.82, 2.24) is 5.32 Å². The highest BCUT2D eigenvalue weighted by Crippen LogP contribution is 2.14. The number of carbonyl (C=O) groups is 1. The molecule has 3 aromatic carbocycles. The Morgan fingerprint density at radius 1 is 0.929 bits per heavy atom. The van der Waals surface area contributed by atoms with E-state index in [1.54, 1.807) is 36.4 Å². The quantitative estimate of drug-likeness (QED) is 0.601. The summed E-state index contributed by atoms with van der Waals surface area (Å²) in [4.78, 5) is 12.3. The average Bonchev–Trinajstić information content (AvgIpc) is 2.71. The maximum atomic E-state index is 13.6. The standard InChI is InChI=1S/C22H19FN2O2S/c23-19-8-4-5-9-20(19)24-22(28)25-21(26)17-10-12-18(13-11-17)27-15-14-16-6-2-1-3-7-16/h1-13H,14-15H2,(H2,24,25,26,28). The van der Waals surface area contributed by atoms with E-state index in [0.717, 1.165) is 6.42 Å². The van der Waals surface area contributed by atoms with Crippen molar-refractivity contribution < 1.29 is 13.9 Å². The molecule has 1 amide bonds. The molecule has 0 aliphatic carbocycles. The Balaban J connectivity index is 1.49. The Kier molecular flexibility index (Phi) is 6.70. The first kappa shape index (κ1) is 19.5. The van der Waals surface area contributed by atoms with E-state index in [2.05, 4.69) is 22.8 Å². The van der Waals surface area contributed by atoms with Gasteiger partial charge in [-0.3, -0.25) is 10.1 Å². The van der Waals surface area contributed by atoms with Gasteiger partial charge in [-0.2, -0.15) is 0 Å². The molecule has 3 aromatic rings. The van der Waals surface area contributed by atoms with Crippen LogP contribution in [0.25, 0.3) is 0 Å². The molecular formula is C22H19FN2O2S. The van der Waals surface area contributed by atoms with Crippen LogP contribution in [0.4, 0.5) is 10.1 Å². The zero-order valence-corrected chi connectivity index (χ0v) is 15.8. The summed E-state index contributed by atoms with van der Waals surface area (Å²) >= 11 is 5.07. The highest BCUT2D eigenvalue weighted by molar-refractivity contribution is 7.80. The van der Waals surface area contributed by atoms with Crippen molar-refractivity contribution >= 4 is 28.9 Å². The summed E-state index contributed by atoms with van der Waals surface area (Å²) in [6, 6.07) is 22.9. The first-order chi connectivity index (χ1) is 13.6. The van der Waals surface area contributed by atoms with Gasteiger partial charge in [0, 0.05) is 12.0 Å². The van der Waals surface area contributed by atoms with Gasteiger partial charge in [0.2, 0.25) is 0 Å². The lowest BCUT2D eigenvalue weighted by molar-refractivity contribution is 0.0977. The van der Waals surface area contributed by atoms with E-state index < -0.39 is 5.82 Å². The number of benzene rings is 3. The second kappa shape index (κ2) is 9.62. The van der Waals surface area contributed by atoms with Crippen LogP contribution in [0.3, 0.4) is 0 Å². The van der Waals surface area contributed by atoms with Crippen molar-refractivity contribution in [3.05, 3.63) is 95.8 Å². The zero-order valence-electron chi connectivity index (χ0n) is 15.0. The van der Waals surface area contributed by atoms with Crippen molar-refractivity contribution in [2.75, 3.05) is 11.9 Å². The van der Waals surface area contributed by atoms with E-state index >= 15 is 0 Å². The van der Waals surface area contributed by atoms with Crippen LogP contribution in [0, 0.1) is 5.82 Å². The fraction of sp³-hybridized carbons (Fsp3) is 0.0909. The van der Waals surface area contributed by atoms with Gasteiger partial charge in [-0.1, -0.05) is 42.5 Å². The van der Waals surface area contributed by atoms with E-state index in [-0.39, 0.29) is 16.7 Å². The van der Waals surface area contributed by atoms with Gasteiger partial charge in [0.05, 0.1) is 12.3 Å². The number of hydrogen-bond acceptors (Lipinski definition) is 3. The summed E-state index contributed by atoms with van der Waals surface area (Å²) in [7, 11) is 0. The molecule has 0 saturated heterocycles. The van der Waals surface area contributed by atoms with E-state index in [4.69, 9.17) is 17.0 Å². The molecule has 0 fully saturated rings. The van der Waals surface area contributed by atoms with E-state index in [1.165, 1.54) is 17.7 Å². The Morgan fingerprint density at radius 3 is 2.32 bits per heavy atom. The van der Waals surface area contributed by atoms with Crippen molar-refractivity contribution in [3.63, 3.8) is 0 Å². The fourth-order valence-corrected chi connectivity index (χ4v) is 2.73. The van der Waals surface area contributed by atoms with Crippen LogP contribution >= 0.6 is 12.2 Å². The first-order valence-electron chi connectivity index (χ1n) is 8.75. The number of anilines is 1. The summed E-state index contributed by atoms with van der Waals surface area (Å²) in [6.45, 7) is 0.548. The normalized spacial score (nSPS) is 10.2. The smallest absolute Gasteiger partial charge is 0.257 e. The number of para-hydroxylation sites is 1. The molecule has 3 rings (SSSR count). The van der Waals surface area contributed by atoms with Gasteiger partial charge < -0.3 is 10.1 Å². The summed E-state index contributed by atoms with van der Waals surface area (Å²) < 4.78 is 19.3. The molecular weight excluding hydrogens is 375 g/mol. The Morgan fingerprint density at radius 2 is 1.61 bits per heavy atom. The molecule has 0 bridgehead atoms. The molecule has 0 unspecified atom stereocenters. The molecule has 2 N–H and O–H groups in total. The second-order valence-electron chi connectivity index (χ2n) is 6.00. The Bertz CT molecular complexity index is 946. The maximum Gasteiger partial charge on any atom is 0.257 e. The minimum absolute atomic E-state index is 0.0262. The molecule has 0 aliphatic heterocycles. The third-order valence-electron chi connectivity index (χ3n) is 3.97. The summed E-state index contributed by atoms with van der Waals surface area (Å²) in [5.41, 5.74) is 1.83. The van der Waals surface area contributed by atoms with Crippen LogP contribution in [0.5, 0.6) is 5.75 Å². The topological polar surface area (TPSA) is 50.4 Å². The minimum atomic E-state index is -0.448. The average molecular weight is 394 g/mol. The number of thiocarbonyl (C=S) groups is 1. The fourth-order valence-electron chi connectivity index (χ4n) is 2.53. The molecule has 0 saturated carbocycles. The predicted molar refractivity (Wildman–Crippen MR) is 112 cm³/mol. The zero-order chi connectivity index (χ0) is 19.8. The number of amides is 1. The van der Waals surface area contributed by atoms with Gasteiger partial charge in [0.15, 0.2) is 5.11 Å². The minimum Gasteiger partial charge on any atom is -0.493 e. The predicted octanol–water partition coefficient (Wildman–Crippen LogP) is 4.57. The summed E-state index contributed by atoms with van der Waals surface area (Å²) in [5.74, 6) is -0.152. The molecule has 0 heterocycles. The van der Waals surface area contributed by atoms with E-state index in [9.17, 15) is 9.18 Å². The van der Waals surface area contributed by atoms with E-state index in [0.29, 0.717) is 17.9 Å². The van der Waals surface area contributed by atoms with Crippen LogP contribution in [-0.2, 0) is 6.42 Å². The van der Waals surface area contributed by atoms with Crippen molar-refractivity contribution in [2.24, 2.45) is 0 Å². The number of carbonyl (C=O) groups excluding carboxylic acids is 1. The lowest BCUT2D eigenvalue weighted by Crippen LogP contribution is -2.34. The van der Waals surface area contributed by atoms with Gasteiger partial charge in [-0.05, 0) is 54.2 Å². The van der Waals surface area contributed by atoms with Crippen molar-refractivity contribution in [2.45, 2.75) is 6.42 Å². The molecule has 0 atom stereocenters. The SMILES string of the molecule is O=C(NC(=S)Nc1ccccc1F)c1ccc(OCCc2ccccc2)cc1. The van der Waals surface area contributed by atoms with Crippen LogP contribution < -0.4 is 15.4 Å². The Labute approximate surface area is 168 Å². The molecule has 6 heteroatoms. The lowest BCUT2D eigenvalue weighted by Gasteiger charge is -2.11. The number of ether oxygens (including phenoxy) is 1. The number of hydrogen-bond donors (Lipinski definition) is 2. The third kappa shape index (κ3) is 5.62. The molecule has 0 radical (unpaired) electrons. The number of nitrogens with one attached hydrogen (secondary N) is 2. The highest BCUT2D eigenvalue weighted by Gasteiger charge is 2.09. The van der Waals surface area contributed by atoms with Crippen molar-refractivity contribution in [1.29, 1.82) is 0 Å². The van der Waals surface area contributed by atoms with Crippen molar-refractivity contribution in [3.8, 4) is 5.75 Å². The maximum absolute atomic E-state index is 13.6. The van der Waals surface area contributed by atoms with Crippen LogP contribution in [0.15, 0.2) is 78.9 Å². The number of rotatable bonds is 6. The van der Waals surface area contributed by atoms with Gasteiger partial charge in [0.25, 0.3) is 5.91 Å². The molecule has 142 valence electrons. The van der Waals surface area contributed by atoms with Gasteiger partial charge in [-0.15, -0.1) is 0 Å². The molecule has 28 heavy (non-hydrogen) atoms. The first-order valence-corrected chi connectivity index (χ1v) is 9.16. The lowest BCUT2D eigenvalue weighted by atomic mass is 10.2. The van der Waals surface area contributed by atoms with Crippen LogP contribution in [0.1, 0.15) is 15.9 Å². The molecule has 0 aliphatic rings. The summed E-state index contributed by atoms with van der Waals surface area (Å²) in [5, 5.41) is 5.22. The van der Waals surface area contributed by atoms with E-state index in [1.807, 2.05) is 18.2 Å². The summed E-state index contributed by atoms with van der Waals surface area (Å²) in [6.07, 6.45) is 0.805. The third-order valence-corrected chi connectivity index (χ3v) is 4.17. The van der Waals surface area contributed by atoms with Gasteiger partial charge in [-0.25, -0.2) is 4.39 Å². The monoisotopic (exact) mass is 394 g/mol.